The van der Waals surface area contributed by atoms with Gasteiger partial charge in [0.05, 0.1) is 19.7 Å². The molecule has 0 bridgehead atoms. The van der Waals surface area contributed by atoms with Gasteiger partial charge in [-0.3, -0.25) is 4.90 Å². The molecule has 0 spiro atoms. The number of nitrogens with zero attached hydrogens (tertiary/aromatic N) is 1. The third-order valence-corrected chi connectivity index (χ3v) is 13.0. The molecule has 0 aliphatic carbocycles. The van der Waals surface area contributed by atoms with Crippen molar-refractivity contribution in [3.8, 4) is 0 Å². The second kappa shape index (κ2) is 10.2. The van der Waals surface area contributed by atoms with E-state index < -0.39 is 13.6 Å². The molecule has 0 radical (unpaired) electrons. The monoisotopic (exact) mass is 469 g/mol. The summed E-state index contributed by atoms with van der Waals surface area (Å²) in [6.07, 6.45) is 6.06. The number of likely N-dealkylation sites (tertiary alicyclic amines) is 1. The van der Waals surface area contributed by atoms with Gasteiger partial charge >= 0.3 is 0 Å². The molecule has 178 valence electrons. The fourth-order valence-corrected chi connectivity index (χ4v) is 11.0. The summed E-state index contributed by atoms with van der Waals surface area (Å²) in [5.41, 5.74) is 3.44. The maximum atomic E-state index is 11.8. The molecule has 2 saturated heterocycles. The van der Waals surface area contributed by atoms with Crippen LogP contribution in [0.15, 0.2) is 91.0 Å². The number of aliphatic hydroxyl groups excluding tert-OH is 1. The third kappa shape index (κ3) is 4.42. The Morgan fingerprint density at radius 2 is 1.24 bits per heavy atom. The highest BCUT2D eigenvalue weighted by Crippen LogP contribution is 2.47. The Morgan fingerprint density at radius 1 is 0.765 bits per heavy atom. The van der Waals surface area contributed by atoms with Crippen LogP contribution >= 0.6 is 0 Å². The smallest absolute Gasteiger partial charge is 0.0976 e. The van der Waals surface area contributed by atoms with Crippen molar-refractivity contribution in [3.05, 3.63) is 108 Å². The Bertz CT molecular complexity index is 936. The predicted molar refractivity (Wildman–Crippen MR) is 145 cm³/mol. The second-order valence-corrected chi connectivity index (χ2v) is 15.9. The number of hydrogen-bond donors (Lipinski definition) is 1. The summed E-state index contributed by atoms with van der Waals surface area (Å²) >= 11 is 0. The van der Waals surface area contributed by atoms with Crippen LogP contribution in [0.25, 0.3) is 0 Å². The first-order valence-electron chi connectivity index (χ1n) is 13.2. The summed E-state index contributed by atoms with van der Waals surface area (Å²) in [6, 6.07) is 36.9. The SMILES string of the molecule is C[Si]1(C[C@@H](O)[C@@H]2CCCN2C(c2ccccc2)(c2ccccc2)c2ccccc2)CCCCC1. The molecule has 34 heavy (non-hydrogen) atoms. The lowest BCUT2D eigenvalue weighted by molar-refractivity contribution is 0.0426. The molecule has 1 N–H and O–H groups in total. The number of rotatable bonds is 7. The summed E-state index contributed by atoms with van der Waals surface area (Å²) in [5, 5.41) is 11.8. The van der Waals surface area contributed by atoms with Crippen LogP contribution in [0.5, 0.6) is 0 Å². The second-order valence-electron chi connectivity index (χ2n) is 10.9. The van der Waals surface area contributed by atoms with Crippen LogP contribution in [0.3, 0.4) is 0 Å². The zero-order valence-corrected chi connectivity index (χ0v) is 21.6. The van der Waals surface area contributed by atoms with E-state index in [1.54, 1.807) is 0 Å². The molecular formula is C31H39NOSi. The summed E-state index contributed by atoms with van der Waals surface area (Å²) in [6.45, 7) is 3.55. The Labute approximate surface area is 206 Å². The number of hydrogen-bond acceptors (Lipinski definition) is 2. The third-order valence-electron chi connectivity index (χ3n) is 8.51. The van der Waals surface area contributed by atoms with E-state index >= 15 is 0 Å². The predicted octanol–water partition coefficient (Wildman–Crippen LogP) is 7.07. The number of benzene rings is 3. The van der Waals surface area contributed by atoms with E-state index in [0.29, 0.717) is 0 Å². The molecular weight excluding hydrogens is 430 g/mol. The number of aliphatic hydroxyl groups is 1. The molecule has 5 rings (SSSR count). The fraction of sp³-hybridized carbons (Fsp3) is 0.419. The van der Waals surface area contributed by atoms with Crippen molar-refractivity contribution < 1.29 is 5.11 Å². The van der Waals surface area contributed by atoms with Gasteiger partial charge in [0.1, 0.15) is 0 Å². The van der Waals surface area contributed by atoms with Gasteiger partial charge in [0.25, 0.3) is 0 Å². The normalized spacial score (nSPS) is 21.9. The van der Waals surface area contributed by atoms with Crippen molar-refractivity contribution in [1.82, 2.24) is 4.90 Å². The largest absolute Gasteiger partial charge is 0.392 e. The fourth-order valence-electron chi connectivity index (χ4n) is 6.89. The Morgan fingerprint density at radius 3 is 1.71 bits per heavy atom. The van der Waals surface area contributed by atoms with Crippen LogP contribution < -0.4 is 0 Å². The topological polar surface area (TPSA) is 23.5 Å². The van der Waals surface area contributed by atoms with E-state index in [2.05, 4.69) is 102 Å². The van der Waals surface area contributed by atoms with Gasteiger partial charge < -0.3 is 5.11 Å². The summed E-state index contributed by atoms with van der Waals surface area (Å²) in [5.74, 6) is 0. The van der Waals surface area contributed by atoms with Gasteiger partial charge in [-0.2, -0.15) is 0 Å². The molecule has 0 amide bonds. The highest BCUT2D eigenvalue weighted by atomic mass is 28.3. The van der Waals surface area contributed by atoms with Gasteiger partial charge in [-0.1, -0.05) is 129 Å². The first-order chi connectivity index (χ1) is 16.6. The van der Waals surface area contributed by atoms with Crippen LogP contribution in [0.2, 0.25) is 24.7 Å². The first-order valence-corrected chi connectivity index (χ1v) is 16.4. The maximum absolute atomic E-state index is 11.8. The molecule has 2 aliphatic rings. The van der Waals surface area contributed by atoms with Crippen molar-refractivity contribution in [3.63, 3.8) is 0 Å². The molecule has 3 aromatic rings. The van der Waals surface area contributed by atoms with Gasteiger partial charge in [0, 0.05) is 12.6 Å². The molecule has 2 atom stereocenters. The molecule has 2 aliphatic heterocycles. The molecule has 0 saturated carbocycles. The van der Waals surface area contributed by atoms with E-state index in [0.717, 1.165) is 25.4 Å². The highest BCUT2D eigenvalue weighted by Gasteiger charge is 2.49. The lowest BCUT2D eigenvalue weighted by Gasteiger charge is -2.48. The van der Waals surface area contributed by atoms with Gasteiger partial charge in [0.2, 0.25) is 0 Å². The van der Waals surface area contributed by atoms with Crippen molar-refractivity contribution >= 4 is 8.07 Å². The van der Waals surface area contributed by atoms with Crippen LogP contribution in [0.1, 0.15) is 48.8 Å². The minimum atomic E-state index is -1.37. The van der Waals surface area contributed by atoms with Crippen molar-refractivity contribution in [2.45, 2.75) is 74.5 Å². The zero-order valence-electron chi connectivity index (χ0n) is 20.6. The summed E-state index contributed by atoms with van der Waals surface area (Å²) in [7, 11) is -1.37. The lowest BCUT2D eigenvalue weighted by Crippen LogP contribution is -2.55. The van der Waals surface area contributed by atoms with E-state index in [-0.39, 0.29) is 12.1 Å². The van der Waals surface area contributed by atoms with E-state index in [1.807, 2.05) is 0 Å². The maximum Gasteiger partial charge on any atom is 0.0976 e. The molecule has 2 nitrogen and oxygen atoms in total. The van der Waals surface area contributed by atoms with Crippen molar-refractivity contribution in [1.29, 1.82) is 0 Å². The van der Waals surface area contributed by atoms with Crippen molar-refractivity contribution in [2.75, 3.05) is 6.54 Å². The highest BCUT2D eigenvalue weighted by molar-refractivity contribution is 6.78. The van der Waals surface area contributed by atoms with Crippen molar-refractivity contribution in [2.24, 2.45) is 0 Å². The molecule has 2 heterocycles. The van der Waals surface area contributed by atoms with Crippen LogP contribution in [-0.2, 0) is 5.54 Å². The minimum Gasteiger partial charge on any atom is -0.392 e. The van der Waals surface area contributed by atoms with Crippen LogP contribution in [0.4, 0.5) is 0 Å². The lowest BCUT2D eigenvalue weighted by atomic mass is 9.75. The van der Waals surface area contributed by atoms with Crippen LogP contribution in [0, 0.1) is 0 Å². The Kier molecular flexibility index (Phi) is 7.05. The van der Waals surface area contributed by atoms with E-state index in [9.17, 15) is 5.11 Å². The van der Waals surface area contributed by atoms with E-state index in [4.69, 9.17) is 0 Å². The average Bonchev–Trinajstić information content (AvgIpc) is 3.37. The first kappa shape index (κ1) is 23.5. The quantitative estimate of drug-likeness (QED) is 0.295. The molecule has 0 unspecified atom stereocenters. The van der Waals surface area contributed by atoms with Gasteiger partial charge in [-0.05, 0) is 35.6 Å². The zero-order chi connectivity index (χ0) is 23.4. The van der Waals surface area contributed by atoms with Crippen LogP contribution in [-0.4, -0.2) is 36.8 Å². The standard InChI is InChI=1S/C31H39NOSi/c1-34(23-12-5-13-24-34)25-30(33)29-21-14-22-32(29)31(26-15-6-2-7-16-26,27-17-8-3-9-18-27)28-19-10-4-11-20-28/h2-4,6-11,15-20,29-30,33H,5,12-14,21-25H2,1H3/t29-,30+/m0/s1. The van der Waals surface area contributed by atoms with Gasteiger partial charge in [-0.25, -0.2) is 0 Å². The van der Waals surface area contributed by atoms with Gasteiger partial charge in [0.15, 0.2) is 0 Å². The molecule has 3 aromatic carbocycles. The van der Waals surface area contributed by atoms with Gasteiger partial charge in [-0.15, -0.1) is 0 Å². The summed E-state index contributed by atoms with van der Waals surface area (Å²) < 4.78 is 0. The summed E-state index contributed by atoms with van der Waals surface area (Å²) in [4.78, 5) is 2.66. The molecule has 0 aromatic heterocycles. The average molecular weight is 470 g/mol. The molecule has 2 fully saturated rings. The van der Waals surface area contributed by atoms with E-state index in [1.165, 1.54) is 48.0 Å². The molecule has 3 heteroatoms. The minimum absolute atomic E-state index is 0.173. The Hall–Kier alpha value is -2.20. The Balaban J connectivity index is 1.63.